The first kappa shape index (κ1) is 9.71. The van der Waals surface area contributed by atoms with Crippen LogP contribution in [0.15, 0.2) is 29.4 Å². The van der Waals surface area contributed by atoms with Crippen molar-refractivity contribution in [3.8, 4) is 0 Å². The SMILES string of the molecule is C=CC(N)c1cc(Br)cnc1Cl. The Kier molecular flexibility index (Phi) is 3.26. The van der Waals surface area contributed by atoms with Crippen LogP contribution in [0.25, 0.3) is 0 Å². The van der Waals surface area contributed by atoms with Gasteiger partial charge in [0.05, 0.1) is 6.04 Å². The van der Waals surface area contributed by atoms with E-state index in [-0.39, 0.29) is 6.04 Å². The summed E-state index contributed by atoms with van der Waals surface area (Å²) in [6.07, 6.45) is 3.25. The van der Waals surface area contributed by atoms with E-state index in [4.69, 9.17) is 17.3 Å². The molecule has 0 bridgehead atoms. The van der Waals surface area contributed by atoms with Crippen molar-refractivity contribution < 1.29 is 0 Å². The number of aromatic nitrogens is 1. The molecule has 2 nitrogen and oxygen atoms in total. The highest BCUT2D eigenvalue weighted by Crippen LogP contribution is 2.23. The molecule has 0 saturated carbocycles. The van der Waals surface area contributed by atoms with Gasteiger partial charge in [0.2, 0.25) is 0 Å². The lowest BCUT2D eigenvalue weighted by molar-refractivity contribution is 0.902. The first-order valence-corrected chi connectivity index (χ1v) is 4.51. The smallest absolute Gasteiger partial charge is 0.134 e. The van der Waals surface area contributed by atoms with Crippen molar-refractivity contribution >= 4 is 27.5 Å². The molecule has 2 N–H and O–H groups in total. The Morgan fingerprint density at radius 2 is 2.42 bits per heavy atom. The summed E-state index contributed by atoms with van der Waals surface area (Å²) in [5.41, 5.74) is 6.48. The highest BCUT2D eigenvalue weighted by atomic mass is 79.9. The van der Waals surface area contributed by atoms with E-state index in [0.29, 0.717) is 5.15 Å². The van der Waals surface area contributed by atoms with Gasteiger partial charge in [-0.25, -0.2) is 4.98 Å². The summed E-state index contributed by atoms with van der Waals surface area (Å²) in [5, 5.41) is 0.422. The summed E-state index contributed by atoms with van der Waals surface area (Å²) in [7, 11) is 0. The Bertz CT molecular complexity index is 301. The maximum Gasteiger partial charge on any atom is 0.134 e. The van der Waals surface area contributed by atoms with E-state index < -0.39 is 0 Å². The van der Waals surface area contributed by atoms with E-state index in [1.807, 2.05) is 6.07 Å². The van der Waals surface area contributed by atoms with Crippen LogP contribution in [0.4, 0.5) is 0 Å². The summed E-state index contributed by atoms with van der Waals surface area (Å²) in [4.78, 5) is 3.94. The predicted octanol–water partition coefficient (Wildman–Crippen LogP) is 2.68. The van der Waals surface area contributed by atoms with Crippen molar-refractivity contribution in [3.63, 3.8) is 0 Å². The maximum absolute atomic E-state index is 5.81. The summed E-state index contributed by atoms with van der Waals surface area (Å²) in [5.74, 6) is 0. The van der Waals surface area contributed by atoms with Gasteiger partial charge in [-0.2, -0.15) is 0 Å². The molecule has 12 heavy (non-hydrogen) atoms. The number of hydrogen-bond acceptors (Lipinski definition) is 2. The molecule has 0 spiro atoms. The fourth-order valence-corrected chi connectivity index (χ4v) is 1.38. The minimum atomic E-state index is -0.262. The first-order valence-electron chi connectivity index (χ1n) is 3.34. The predicted molar refractivity (Wildman–Crippen MR) is 54.1 cm³/mol. The summed E-state index contributed by atoms with van der Waals surface area (Å²) in [6.45, 7) is 3.58. The lowest BCUT2D eigenvalue weighted by Crippen LogP contribution is -2.07. The average molecular weight is 248 g/mol. The van der Waals surface area contributed by atoms with Gasteiger partial charge in [-0.1, -0.05) is 17.7 Å². The van der Waals surface area contributed by atoms with Crippen LogP contribution >= 0.6 is 27.5 Å². The summed E-state index contributed by atoms with van der Waals surface area (Å²) >= 11 is 9.09. The highest BCUT2D eigenvalue weighted by molar-refractivity contribution is 9.10. The van der Waals surface area contributed by atoms with E-state index >= 15 is 0 Å². The lowest BCUT2D eigenvalue weighted by Gasteiger charge is -2.07. The Morgan fingerprint density at radius 3 is 3.00 bits per heavy atom. The molecule has 1 aromatic heterocycles. The molecule has 0 fully saturated rings. The fraction of sp³-hybridized carbons (Fsp3) is 0.125. The molecule has 1 atom stereocenters. The Labute approximate surface area is 84.6 Å². The van der Waals surface area contributed by atoms with E-state index in [1.54, 1.807) is 12.3 Å². The molecular weight excluding hydrogens is 239 g/mol. The molecule has 0 aliphatic heterocycles. The monoisotopic (exact) mass is 246 g/mol. The number of nitrogens with zero attached hydrogens (tertiary/aromatic N) is 1. The molecule has 0 aliphatic rings. The van der Waals surface area contributed by atoms with E-state index in [1.165, 1.54) is 0 Å². The van der Waals surface area contributed by atoms with E-state index in [9.17, 15) is 0 Å². The van der Waals surface area contributed by atoms with Crippen molar-refractivity contribution in [1.82, 2.24) is 4.98 Å². The average Bonchev–Trinajstić information content (AvgIpc) is 2.08. The molecule has 0 aliphatic carbocycles. The molecule has 1 unspecified atom stereocenters. The number of hydrogen-bond donors (Lipinski definition) is 1. The first-order chi connectivity index (χ1) is 5.65. The Balaban J connectivity index is 3.12. The van der Waals surface area contributed by atoms with Gasteiger partial charge < -0.3 is 5.73 Å². The van der Waals surface area contributed by atoms with Crippen LogP contribution in [0.3, 0.4) is 0 Å². The van der Waals surface area contributed by atoms with Crippen molar-refractivity contribution in [3.05, 3.63) is 40.1 Å². The summed E-state index contributed by atoms with van der Waals surface area (Å²) in [6, 6.07) is 1.57. The largest absolute Gasteiger partial charge is 0.321 e. The molecule has 1 aromatic rings. The molecule has 0 saturated heterocycles. The second-order valence-corrected chi connectivity index (χ2v) is 3.57. The molecular formula is C8H8BrClN2. The number of nitrogens with two attached hydrogens (primary N) is 1. The van der Waals surface area contributed by atoms with Gasteiger partial charge in [-0.3, -0.25) is 0 Å². The third kappa shape index (κ3) is 2.06. The van der Waals surface area contributed by atoms with Crippen molar-refractivity contribution in [2.75, 3.05) is 0 Å². The van der Waals surface area contributed by atoms with Gasteiger partial charge in [0.25, 0.3) is 0 Å². The quantitative estimate of drug-likeness (QED) is 0.645. The molecule has 1 rings (SSSR count). The molecule has 0 radical (unpaired) electrons. The standard InChI is InChI=1S/C8H8BrClN2/c1-2-7(11)6-3-5(9)4-12-8(6)10/h2-4,7H,1,11H2. The van der Waals surface area contributed by atoms with Gasteiger partial charge in [-0.15, -0.1) is 6.58 Å². The van der Waals surface area contributed by atoms with Crippen LogP contribution in [-0.4, -0.2) is 4.98 Å². The Hall–Kier alpha value is -0.380. The van der Waals surface area contributed by atoms with E-state index in [2.05, 4.69) is 27.5 Å². The van der Waals surface area contributed by atoms with Crippen molar-refractivity contribution in [1.29, 1.82) is 0 Å². The topological polar surface area (TPSA) is 38.9 Å². The zero-order valence-corrected chi connectivity index (χ0v) is 8.64. The molecule has 0 amide bonds. The van der Waals surface area contributed by atoms with Crippen molar-refractivity contribution in [2.24, 2.45) is 5.73 Å². The third-order valence-corrected chi connectivity index (χ3v) is 2.20. The highest BCUT2D eigenvalue weighted by Gasteiger charge is 2.07. The van der Waals surface area contributed by atoms with Crippen LogP contribution in [0.5, 0.6) is 0 Å². The number of halogens is 2. The van der Waals surface area contributed by atoms with Gasteiger partial charge in [0.15, 0.2) is 0 Å². The van der Waals surface area contributed by atoms with E-state index in [0.717, 1.165) is 10.0 Å². The second kappa shape index (κ2) is 4.03. The van der Waals surface area contributed by atoms with Gasteiger partial charge in [-0.05, 0) is 22.0 Å². The summed E-state index contributed by atoms with van der Waals surface area (Å²) < 4.78 is 0.860. The zero-order chi connectivity index (χ0) is 9.14. The third-order valence-electron chi connectivity index (χ3n) is 1.45. The molecule has 0 aromatic carbocycles. The Morgan fingerprint density at radius 1 is 1.75 bits per heavy atom. The van der Waals surface area contributed by atoms with Gasteiger partial charge in [0.1, 0.15) is 5.15 Å². The normalized spacial score (nSPS) is 12.6. The maximum atomic E-state index is 5.81. The van der Waals surface area contributed by atoms with Crippen LogP contribution in [-0.2, 0) is 0 Å². The molecule has 64 valence electrons. The van der Waals surface area contributed by atoms with Crippen LogP contribution in [0.1, 0.15) is 11.6 Å². The van der Waals surface area contributed by atoms with Crippen LogP contribution < -0.4 is 5.73 Å². The van der Waals surface area contributed by atoms with Crippen molar-refractivity contribution in [2.45, 2.75) is 6.04 Å². The lowest BCUT2D eigenvalue weighted by atomic mass is 10.1. The second-order valence-electron chi connectivity index (χ2n) is 2.30. The van der Waals surface area contributed by atoms with Crippen LogP contribution in [0, 0.1) is 0 Å². The van der Waals surface area contributed by atoms with Gasteiger partial charge >= 0.3 is 0 Å². The number of rotatable bonds is 2. The zero-order valence-electron chi connectivity index (χ0n) is 6.30. The van der Waals surface area contributed by atoms with Crippen LogP contribution in [0.2, 0.25) is 5.15 Å². The minimum absolute atomic E-state index is 0.262. The molecule has 1 heterocycles. The minimum Gasteiger partial charge on any atom is -0.321 e. The van der Waals surface area contributed by atoms with Gasteiger partial charge in [0, 0.05) is 16.2 Å². The number of pyridine rings is 1. The molecule has 4 heteroatoms. The fourth-order valence-electron chi connectivity index (χ4n) is 0.799.